The number of hydrogen-bond acceptors (Lipinski definition) is 4. The lowest BCUT2D eigenvalue weighted by Gasteiger charge is -2.15. The zero-order valence-corrected chi connectivity index (χ0v) is 12.4. The topological polar surface area (TPSA) is 65.0 Å². The van der Waals surface area contributed by atoms with Crippen LogP contribution in [0.4, 0.5) is 0 Å². The second-order valence-electron chi connectivity index (χ2n) is 3.75. The molecule has 1 heterocycles. The Kier molecular flexibility index (Phi) is 6.76. The Morgan fingerprint density at radius 1 is 1.56 bits per heavy atom. The number of rotatable bonds is 7. The first kappa shape index (κ1) is 14.9. The summed E-state index contributed by atoms with van der Waals surface area (Å²) in [6.45, 7) is 0.684. The molecule has 1 fully saturated rings. The minimum atomic E-state index is -3.46. The average molecular weight is 364 g/mol. The van der Waals surface area contributed by atoms with E-state index >= 15 is 0 Å². The van der Waals surface area contributed by atoms with Crippen molar-refractivity contribution in [2.24, 2.45) is 0 Å². The molecule has 0 bridgehead atoms. The second kappa shape index (κ2) is 7.28. The third kappa shape index (κ3) is 5.93. The Morgan fingerprint density at radius 3 is 2.88 bits per heavy atom. The molecule has 1 saturated heterocycles. The predicted molar refractivity (Wildman–Crippen MR) is 69.1 cm³/mol. The number of halogens is 1. The standard InChI is InChI=1S/C9H18IO5P/c1-13-5-2-6-16(11,12)14-7-8-3-4-9(10)15-8/h8-9H,2-7H2,1H3,(H,11,12)/t8-,9?/m0/s1. The largest absolute Gasteiger partial charge is 0.385 e. The van der Waals surface area contributed by atoms with Crippen LogP contribution in [0.3, 0.4) is 0 Å². The number of ether oxygens (including phenoxy) is 2. The third-order valence-corrected chi connectivity index (χ3v) is 4.66. The maximum Gasteiger partial charge on any atom is 0.328 e. The summed E-state index contributed by atoms with van der Waals surface area (Å²) in [6.07, 6.45) is 2.51. The van der Waals surface area contributed by atoms with Crippen molar-refractivity contribution in [1.82, 2.24) is 0 Å². The molecule has 0 aliphatic carbocycles. The van der Waals surface area contributed by atoms with Gasteiger partial charge in [0.15, 0.2) is 0 Å². The van der Waals surface area contributed by atoms with Crippen molar-refractivity contribution >= 4 is 30.2 Å². The zero-order valence-electron chi connectivity index (χ0n) is 9.30. The lowest BCUT2D eigenvalue weighted by molar-refractivity contribution is 0.0561. The fraction of sp³-hybridized carbons (Fsp3) is 1.00. The predicted octanol–water partition coefficient (Wildman–Crippen LogP) is 2.17. The summed E-state index contributed by atoms with van der Waals surface area (Å²) in [5, 5.41) is 0. The number of hydrogen-bond donors (Lipinski definition) is 1. The van der Waals surface area contributed by atoms with Crippen molar-refractivity contribution < 1.29 is 23.5 Å². The van der Waals surface area contributed by atoms with Gasteiger partial charge in [0.25, 0.3) is 0 Å². The molecule has 1 aliphatic rings. The summed E-state index contributed by atoms with van der Waals surface area (Å²) in [4.78, 5) is 9.49. The maximum absolute atomic E-state index is 11.5. The van der Waals surface area contributed by atoms with E-state index in [9.17, 15) is 9.46 Å². The lowest BCUT2D eigenvalue weighted by Crippen LogP contribution is -2.15. The van der Waals surface area contributed by atoms with E-state index in [1.807, 2.05) is 0 Å². The molecule has 0 amide bonds. The van der Waals surface area contributed by atoms with Crippen molar-refractivity contribution in [2.45, 2.75) is 29.5 Å². The Morgan fingerprint density at radius 2 is 2.31 bits per heavy atom. The van der Waals surface area contributed by atoms with Crippen LogP contribution in [0.15, 0.2) is 0 Å². The molecule has 1 aliphatic heterocycles. The quantitative estimate of drug-likeness (QED) is 0.325. The molecule has 1 rings (SSSR count). The minimum Gasteiger partial charge on any atom is -0.385 e. The van der Waals surface area contributed by atoms with E-state index in [0.29, 0.717) is 13.0 Å². The first-order valence-electron chi connectivity index (χ1n) is 5.28. The number of alkyl halides is 1. The molecule has 0 aromatic rings. The highest BCUT2D eigenvalue weighted by atomic mass is 127. The molecule has 0 radical (unpaired) electrons. The van der Waals surface area contributed by atoms with Gasteiger partial charge in [-0.3, -0.25) is 4.57 Å². The smallest absolute Gasteiger partial charge is 0.328 e. The Hall–Kier alpha value is 0.800. The van der Waals surface area contributed by atoms with E-state index in [1.54, 1.807) is 7.11 Å². The van der Waals surface area contributed by atoms with Crippen LogP contribution in [0.2, 0.25) is 0 Å². The van der Waals surface area contributed by atoms with E-state index in [2.05, 4.69) is 22.6 Å². The van der Waals surface area contributed by atoms with Gasteiger partial charge in [-0.05, 0) is 19.3 Å². The number of methoxy groups -OCH3 is 1. The SMILES string of the molecule is COCCCP(=O)(O)OC[C@@H]1CCC(I)O1. The van der Waals surface area contributed by atoms with Crippen LogP contribution in [0.5, 0.6) is 0 Å². The van der Waals surface area contributed by atoms with Crippen LogP contribution in [0.25, 0.3) is 0 Å². The lowest BCUT2D eigenvalue weighted by atomic mass is 10.2. The molecule has 2 unspecified atom stereocenters. The van der Waals surface area contributed by atoms with Gasteiger partial charge < -0.3 is 18.9 Å². The first-order chi connectivity index (χ1) is 7.53. The fourth-order valence-corrected chi connectivity index (χ4v) is 3.29. The highest BCUT2D eigenvalue weighted by molar-refractivity contribution is 14.1. The van der Waals surface area contributed by atoms with E-state index in [4.69, 9.17) is 14.0 Å². The summed E-state index contributed by atoms with van der Waals surface area (Å²) in [5.41, 5.74) is 0. The maximum atomic E-state index is 11.5. The molecule has 0 saturated carbocycles. The van der Waals surface area contributed by atoms with E-state index < -0.39 is 7.60 Å². The van der Waals surface area contributed by atoms with Gasteiger partial charge in [-0.1, -0.05) is 22.6 Å². The van der Waals surface area contributed by atoms with Gasteiger partial charge in [0.05, 0.1) is 18.9 Å². The van der Waals surface area contributed by atoms with Gasteiger partial charge in [-0.15, -0.1) is 0 Å². The van der Waals surface area contributed by atoms with Gasteiger partial charge in [-0.2, -0.15) is 0 Å². The van der Waals surface area contributed by atoms with E-state index in [0.717, 1.165) is 12.8 Å². The molecule has 0 spiro atoms. The van der Waals surface area contributed by atoms with Crippen molar-refractivity contribution in [2.75, 3.05) is 26.5 Å². The van der Waals surface area contributed by atoms with Crippen molar-refractivity contribution in [3.05, 3.63) is 0 Å². The highest BCUT2D eigenvalue weighted by Crippen LogP contribution is 2.43. The molecule has 7 heteroatoms. The van der Waals surface area contributed by atoms with Gasteiger partial charge >= 0.3 is 7.60 Å². The molecule has 0 aromatic carbocycles. The summed E-state index contributed by atoms with van der Waals surface area (Å²) in [6, 6.07) is 0. The molecule has 16 heavy (non-hydrogen) atoms. The van der Waals surface area contributed by atoms with Crippen molar-refractivity contribution in [3.63, 3.8) is 0 Å². The summed E-state index contributed by atoms with van der Waals surface area (Å²) in [7, 11) is -1.89. The van der Waals surface area contributed by atoms with Gasteiger partial charge in [0.1, 0.15) is 4.11 Å². The van der Waals surface area contributed by atoms with Gasteiger partial charge in [0, 0.05) is 13.7 Å². The average Bonchev–Trinajstić information content (AvgIpc) is 2.62. The van der Waals surface area contributed by atoms with E-state index in [1.165, 1.54) is 0 Å². The molecule has 96 valence electrons. The zero-order chi connectivity index (χ0) is 12.0. The van der Waals surface area contributed by atoms with E-state index in [-0.39, 0.29) is 23.0 Å². The third-order valence-electron chi connectivity index (χ3n) is 2.31. The normalized spacial score (nSPS) is 29.2. The molecule has 3 atom stereocenters. The highest BCUT2D eigenvalue weighted by Gasteiger charge is 2.26. The molecule has 5 nitrogen and oxygen atoms in total. The van der Waals surface area contributed by atoms with Crippen LogP contribution in [-0.4, -0.2) is 41.6 Å². The monoisotopic (exact) mass is 364 g/mol. The Labute approximate surface area is 110 Å². The summed E-state index contributed by atoms with van der Waals surface area (Å²) < 4.78 is 27.1. The molecular formula is C9H18IO5P. The first-order valence-corrected chi connectivity index (χ1v) is 8.29. The Balaban J connectivity index is 2.17. The summed E-state index contributed by atoms with van der Waals surface area (Å²) in [5.74, 6) is 0. The van der Waals surface area contributed by atoms with Crippen LogP contribution in [0, 0.1) is 0 Å². The molecule has 1 N–H and O–H groups in total. The minimum absolute atomic E-state index is 0.0372. The van der Waals surface area contributed by atoms with Gasteiger partial charge in [0.2, 0.25) is 0 Å². The second-order valence-corrected chi connectivity index (χ2v) is 7.12. The van der Waals surface area contributed by atoms with Crippen molar-refractivity contribution in [1.29, 1.82) is 0 Å². The fourth-order valence-electron chi connectivity index (χ4n) is 1.46. The van der Waals surface area contributed by atoms with Crippen LogP contribution >= 0.6 is 30.2 Å². The van der Waals surface area contributed by atoms with Gasteiger partial charge in [-0.25, -0.2) is 0 Å². The van der Waals surface area contributed by atoms with Crippen molar-refractivity contribution in [3.8, 4) is 0 Å². The van der Waals surface area contributed by atoms with Crippen LogP contribution in [0.1, 0.15) is 19.3 Å². The summed E-state index contributed by atoms with van der Waals surface area (Å²) >= 11 is 2.21. The molecular weight excluding hydrogens is 346 g/mol. The van der Waals surface area contributed by atoms with Crippen LogP contribution in [-0.2, 0) is 18.6 Å². The Bertz CT molecular complexity index is 250. The van der Waals surface area contributed by atoms with Crippen LogP contribution < -0.4 is 0 Å². The molecule has 0 aromatic heterocycles.